The monoisotopic (exact) mass is 241 g/mol. The van der Waals surface area contributed by atoms with Crippen LogP contribution < -0.4 is 5.32 Å². The number of aromatic nitrogens is 2. The van der Waals surface area contributed by atoms with Gasteiger partial charge in [-0.1, -0.05) is 0 Å². The molecule has 3 aromatic heterocycles. The standard InChI is InChI=1S/C13H11N3O2/c1-3-10(17-7-1)9-16-13-12(14-5-6-15-13)11-4-2-8-18-11/h1-8H,9H2,(H,15,16). The summed E-state index contributed by atoms with van der Waals surface area (Å²) in [7, 11) is 0. The van der Waals surface area contributed by atoms with Crippen LogP contribution in [0.25, 0.3) is 11.5 Å². The van der Waals surface area contributed by atoms with Crippen LogP contribution in [0, 0.1) is 0 Å². The zero-order chi connectivity index (χ0) is 12.2. The van der Waals surface area contributed by atoms with Crippen LogP contribution in [-0.4, -0.2) is 9.97 Å². The van der Waals surface area contributed by atoms with E-state index in [1.165, 1.54) is 0 Å². The second-order valence-electron chi connectivity index (χ2n) is 3.66. The Bertz CT molecular complexity index is 603. The zero-order valence-electron chi connectivity index (χ0n) is 9.54. The molecule has 90 valence electrons. The second-order valence-corrected chi connectivity index (χ2v) is 3.66. The van der Waals surface area contributed by atoms with Gasteiger partial charge in [0.05, 0.1) is 19.1 Å². The number of nitrogens with zero attached hydrogens (tertiary/aromatic N) is 2. The minimum Gasteiger partial charge on any atom is -0.467 e. The van der Waals surface area contributed by atoms with Crippen molar-refractivity contribution in [1.29, 1.82) is 0 Å². The zero-order valence-corrected chi connectivity index (χ0v) is 9.54. The van der Waals surface area contributed by atoms with Crippen molar-refractivity contribution >= 4 is 5.82 Å². The molecule has 3 aromatic rings. The van der Waals surface area contributed by atoms with Crippen molar-refractivity contribution in [3.8, 4) is 11.5 Å². The molecule has 5 nitrogen and oxygen atoms in total. The number of furan rings is 2. The van der Waals surface area contributed by atoms with E-state index in [1.54, 1.807) is 24.9 Å². The van der Waals surface area contributed by atoms with E-state index in [2.05, 4.69) is 15.3 Å². The fourth-order valence-corrected chi connectivity index (χ4v) is 1.65. The summed E-state index contributed by atoms with van der Waals surface area (Å²) in [4.78, 5) is 8.53. The van der Waals surface area contributed by atoms with Gasteiger partial charge >= 0.3 is 0 Å². The summed E-state index contributed by atoms with van der Waals surface area (Å²) in [6, 6.07) is 7.42. The Kier molecular flexibility index (Phi) is 2.79. The van der Waals surface area contributed by atoms with Gasteiger partial charge < -0.3 is 14.2 Å². The summed E-state index contributed by atoms with van der Waals surface area (Å²) >= 11 is 0. The number of nitrogens with one attached hydrogen (secondary N) is 1. The van der Waals surface area contributed by atoms with Crippen LogP contribution in [0.5, 0.6) is 0 Å². The maximum absolute atomic E-state index is 5.33. The largest absolute Gasteiger partial charge is 0.467 e. The van der Waals surface area contributed by atoms with Gasteiger partial charge in [-0.2, -0.15) is 0 Å². The number of hydrogen-bond donors (Lipinski definition) is 1. The SMILES string of the molecule is c1coc(CNc2nccnc2-c2ccco2)c1. The van der Waals surface area contributed by atoms with Gasteiger partial charge in [-0.25, -0.2) is 9.97 Å². The molecule has 0 bridgehead atoms. The molecule has 0 saturated carbocycles. The van der Waals surface area contributed by atoms with Crippen molar-refractivity contribution in [1.82, 2.24) is 9.97 Å². The third-order valence-electron chi connectivity index (χ3n) is 2.46. The molecule has 18 heavy (non-hydrogen) atoms. The molecule has 0 aliphatic carbocycles. The van der Waals surface area contributed by atoms with E-state index in [9.17, 15) is 0 Å². The van der Waals surface area contributed by atoms with Gasteiger partial charge in [0, 0.05) is 12.4 Å². The number of anilines is 1. The van der Waals surface area contributed by atoms with Gasteiger partial charge in [-0.05, 0) is 24.3 Å². The average molecular weight is 241 g/mol. The van der Waals surface area contributed by atoms with Crippen molar-refractivity contribution in [2.75, 3.05) is 5.32 Å². The Morgan fingerprint density at radius 1 is 1.00 bits per heavy atom. The minimum absolute atomic E-state index is 0.555. The molecule has 0 aliphatic heterocycles. The second kappa shape index (κ2) is 4.75. The van der Waals surface area contributed by atoms with Gasteiger partial charge in [0.25, 0.3) is 0 Å². The molecular formula is C13H11N3O2. The first-order chi connectivity index (χ1) is 8.93. The normalized spacial score (nSPS) is 10.4. The topological polar surface area (TPSA) is 64.1 Å². The van der Waals surface area contributed by atoms with E-state index < -0.39 is 0 Å². The van der Waals surface area contributed by atoms with Crippen molar-refractivity contribution in [3.05, 3.63) is 54.9 Å². The van der Waals surface area contributed by atoms with Gasteiger partial charge in [0.1, 0.15) is 11.5 Å². The Morgan fingerprint density at radius 3 is 2.61 bits per heavy atom. The maximum Gasteiger partial charge on any atom is 0.156 e. The molecule has 0 spiro atoms. The molecule has 3 heterocycles. The lowest BCUT2D eigenvalue weighted by atomic mass is 10.3. The van der Waals surface area contributed by atoms with E-state index in [4.69, 9.17) is 8.83 Å². The lowest BCUT2D eigenvalue weighted by molar-refractivity contribution is 0.517. The Morgan fingerprint density at radius 2 is 1.83 bits per heavy atom. The summed E-state index contributed by atoms with van der Waals surface area (Å²) < 4.78 is 10.6. The van der Waals surface area contributed by atoms with Crippen molar-refractivity contribution in [3.63, 3.8) is 0 Å². The average Bonchev–Trinajstić information content (AvgIpc) is 3.10. The van der Waals surface area contributed by atoms with Gasteiger partial charge in [0.15, 0.2) is 11.6 Å². The maximum atomic E-state index is 5.33. The predicted molar refractivity (Wildman–Crippen MR) is 65.8 cm³/mol. The summed E-state index contributed by atoms with van der Waals surface area (Å²) in [5.41, 5.74) is 0.689. The van der Waals surface area contributed by atoms with Crippen LogP contribution in [0.2, 0.25) is 0 Å². The van der Waals surface area contributed by atoms with E-state index >= 15 is 0 Å². The highest BCUT2D eigenvalue weighted by Gasteiger charge is 2.10. The van der Waals surface area contributed by atoms with E-state index in [-0.39, 0.29) is 0 Å². The fraction of sp³-hybridized carbons (Fsp3) is 0.0769. The van der Waals surface area contributed by atoms with Crippen LogP contribution in [0.15, 0.2) is 58.0 Å². The van der Waals surface area contributed by atoms with Crippen LogP contribution in [-0.2, 0) is 6.54 Å². The Hall–Kier alpha value is -2.56. The molecular weight excluding hydrogens is 230 g/mol. The van der Waals surface area contributed by atoms with Crippen molar-refractivity contribution in [2.45, 2.75) is 6.54 Å². The van der Waals surface area contributed by atoms with Crippen molar-refractivity contribution < 1.29 is 8.83 Å². The predicted octanol–water partition coefficient (Wildman–Crippen LogP) is 2.94. The van der Waals surface area contributed by atoms with Crippen molar-refractivity contribution in [2.24, 2.45) is 0 Å². The highest BCUT2D eigenvalue weighted by Crippen LogP contribution is 2.23. The lowest BCUT2D eigenvalue weighted by Crippen LogP contribution is -2.03. The molecule has 0 unspecified atom stereocenters. The molecule has 0 aromatic carbocycles. The highest BCUT2D eigenvalue weighted by molar-refractivity contribution is 5.66. The first kappa shape index (κ1) is 10.6. The van der Waals surface area contributed by atoms with Crippen LogP contribution in [0.4, 0.5) is 5.82 Å². The van der Waals surface area contributed by atoms with Gasteiger partial charge in [0.2, 0.25) is 0 Å². The number of hydrogen-bond acceptors (Lipinski definition) is 5. The highest BCUT2D eigenvalue weighted by atomic mass is 16.3. The fourth-order valence-electron chi connectivity index (χ4n) is 1.65. The smallest absolute Gasteiger partial charge is 0.156 e. The van der Waals surface area contributed by atoms with Crippen LogP contribution in [0.1, 0.15) is 5.76 Å². The first-order valence-electron chi connectivity index (χ1n) is 5.54. The number of rotatable bonds is 4. The van der Waals surface area contributed by atoms with Gasteiger partial charge in [-0.3, -0.25) is 0 Å². The third kappa shape index (κ3) is 2.10. The summed E-state index contributed by atoms with van der Waals surface area (Å²) in [5.74, 6) is 2.19. The van der Waals surface area contributed by atoms with E-state index in [0.29, 0.717) is 23.8 Å². The summed E-state index contributed by atoms with van der Waals surface area (Å²) in [6.45, 7) is 0.555. The quantitative estimate of drug-likeness (QED) is 0.760. The minimum atomic E-state index is 0.555. The van der Waals surface area contributed by atoms with Gasteiger partial charge in [-0.15, -0.1) is 0 Å². The van der Waals surface area contributed by atoms with Crippen LogP contribution in [0.3, 0.4) is 0 Å². The molecule has 0 radical (unpaired) electrons. The molecule has 3 rings (SSSR count). The van der Waals surface area contributed by atoms with Crippen LogP contribution >= 0.6 is 0 Å². The molecule has 0 aliphatic rings. The lowest BCUT2D eigenvalue weighted by Gasteiger charge is -2.06. The van der Waals surface area contributed by atoms with E-state index in [0.717, 1.165) is 5.76 Å². The molecule has 5 heteroatoms. The molecule has 0 saturated heterocycles. The third-order valence-corrected chi connectivity index (χ3v) is 2.46. The first-order valence-corrected chi connectivity index (χ1v) is 5.54. The Labute approximate surface area is 103 Å². The molecule has 0 fully saturated rings. The van der Waals surface area contributed by atoms with E-state index in [1.807, 2.05) is 24.3 Å². The molecule has 0 atom stereocenters. The molecule has 1 N–H and O–H groups in total. The summed E-state index contributed by atoms with van der Waals surface area (Å²) in [5, 5.41) is 3.18. The molecule has 0 amide bonds. The Balaban J connectivity index is 1.84. The summed E-state index contributed by atoms with van der Waals surface area (Å²) in [6.07, 6.45) is 6.52.